The Kier molecular flexibility index (Phi) is 11.5. The van der Waals surface area contributed by atoms with Crippen molar-refractivity contribution in [3.05, 3.63) is 64.7 Å². The number of phenolic OH excluding ortho intramolecular Hbond substituents is 1. The van der Waals surface area contributed by atoms with Crippen LogP contribution in [-0.2, 0) is 30.3 Å². The maximum atomic E-state index is 14.2. The monoisotopic (exact) mass is 555 g/mol. The summed E-state index contributed by atoms with van der Waals surface area (Å²) in [6.45, 7) is 10.6. The van der Waals surface area contributed by atoms with Crippen molar-refractivity contribution in [1.82, 2.24) is 15.5 Å². The van der Waals surface area contributed by atoms with Crippen molar-refractivity contribution in [2.24, 2.45) is 0 Å². The standard InChI is InChI=1S/C30H41N3O7/c1-8-13-33(26(27(36)31-18-25(35)39-7)22-15-19(2)14-20(3)16-22)28(37)24(32-29(38)40-30(4,5)6)17-21-9-11-23(34)12-10-21/h9-12,14-16,24,26,34H,8,13,17-18H2,1-7H3,(H,31,36)(H,32,38). The average Bonchev–Trinajstić information content (AvgIpc) is 2.85. The SMILES string of the molecule is CCCN(C(=O)C(Cc1ccc(O)cc1)NC(=O)OC(C)(C)C)C(C(=O)NCC(=O)OC)c1cc(C)cc(C)c1. The van der Waals surface area contributed by atoms with Crippen LogP contribution >= 0.6 is 0 Å². The highest BCUT2D eigenvalue weighted by molar-refractivity contribution is 5.93. The van der Waals surface area contributed by atoms with Gasteiger partial charge in [0.1, 0.15) is 30.0 Å². The summed E-state index contributed by atoms with van der Waals surface area (Å²) in [6, 6.07) is 9.72. The quantitative estimate of drug-likeness (QED) is 0.360. The molecule has 0 spiro atoms. The molecule has 0 bridgehead atoms. The van der Waals surface area contributed by atoms with Crippen molar-refractivity contribution in [3.63, 3.8) is 0 Å². The second kappa shape index (κ2) is 14.3. The molecule has 0 aliphatic carbocycles. The van der Waals surface area contributed by atoms with Gasteiger partial charge in [0.2, 0.25) is 11.8 Å². The Bertz CT molecular complexity index is 1170. The fourth-order valence-electron chi connectivity index (χ4n) is 4.29. The first kappa shape index (κ1) is 32.1. The summed E-state index contributed by atoms with van der Waals surface area (Å²) < 4.78 is 10.1. The number of nitrogens with zero attached hydrogens (tertiary/aromatic N) is 1. The molecule has 218 valence electrons. The summed E-state index contributed by atoms with van der Waals surface area (Å²) in [7, 11) is 1.22. The van der Waals surface area contributed by atoms with Gasteiger partial charge in [-0.1, -0.05) is 48.4 Å². The predicted octanol–water partition coefficient (Wildman–Crippen LogP) is 3.71. The van der Waals surface area contributed by atoms with Crippen molar-refractivity contribution in [1.29, 1.82) is 0 Å². The van der Waals surface area contributed by atoms with Gasteiger partial charge in [-0.25, -0.2) is 4.79 Å². The van der Waals surface area contributed by atoms with Crippen LogP contribution in [0.1, 0.15) is 62.4 Å². The van der Waals surface area contributed by atoms with E-state index in [0.29, 0.717) is 17.5 Å². The van der Waals surface area contributed by atoms with E-state index < -0.39 is 41.6 Å². The molecular weight excluding hydrogens is 514 g/mol. The Morgan fingerprint density at radius 3 is 2.12 bits per heavy atom. The van der Waals surface area contributed by atoms with Crippen LogP contribution in [-0.4, -0.2) is 65.7 Å². The molecule has 10 nitrogen and oxygen atoms in total. The molecule has 10 heteroatoms. The Hall–Kier alpha value is -4.08. The maximum absolute atomic E-state index is 14.2. The van der Waals surface area contributed by atoms with Gasteiger partial charge in [-0.15, -0.1) is 0 Å². The Morgan fingerprint density at radius 1 is 1.00 bits per heavy atom. The van der Waals surface area contributed by atoms with Crippen LogP contribution in [0.5, 0.6) is 5.75 Å². The molecule has 2 unspecified atom stereocenters. The molecule has 0 saturated heterocycles. The summed E-state index contributed by atoms with van der Waals surface area (Å²) >= 11 is 0. The molecule has 0 saturated carbocycles. The summed E-state index contributed by atoms with van der Waals surface area (Å²) in [5.41, 5.74) is 2.26. The smallest absolute Gasteiger partial charge is 0.408 e. The molecule has 2 aromatic rings. The average molecular weight is 556 g/mol. The minimum Gasteiger partial charge on any atom is -0.508 e. The van der Waals surface area contributed by atoms with E-state index in [1.54, 1.807) is 32.9 Å². The lowest BCUT2D eigenvalue weighted by molar-refractivity contribution is -0.144. The van der Waals surface area contributed by atoms with Crippen LogP contribution in [0.4, 0.5) is 4.79 Å². The second-order valence-electron chi connectivity index (χ2n) is 10.7. The van der Waals surface area contributed by atoms with Crippen LogP contribution in [0.15, 0.2) is 42.5 Å². The van der Waals surface area contributed by atoms with Crippen molar-refractivity contribution in [2.45, 2.75) is 72.1 Å². The van der Waals surface area contributed by atoms with Crippen LogP contribution < -0.4 is 10.6 Å². The molecule has 40 heavy (non-hydrogen) atoms. The maximum Gasteiger partial charge on any atom is 0.408 e. The molecule has 0 aromatic heterocycles. The highest BCUT2D eigenvalue weighted by atomic mass is 16.6. The number of methoxy groups -OCH3 is 1. The van der Waals surface area contributed by atoms with Gasteiger partial charge in [0.25, 0.3) is 0 Å². The number of benzene rings is 2. The molecule has 3 amide bonds. The van der Waals surface area contributed by atoms with E-state index in [0.717, 1.165) is 11.1 Å². The first-order chi connectivity index (χ1) is 18.7. The lowest BCUT2D eigenvalue weighted by atomic mass is 9.97. The fourth-order valence-corrected chi connectivity index (χ4v) is 4.29. The number of carbonyl (C=O) groups is 4. The number of carbonyl (C=O) groups excluding carboxylic acids is 4. The number of esters is 1. The number of hydrogen-bond acceptors (Lipinski definition) is 7. The molecule has 0 radical (unpaired) electrons. The Morgan fingerprint density at radius 2 is 1.60 bits per heavy atom. The molecule has 0 fully saturated rings. The van der Waals surface area contributed by atoms with E-state index in [1.807, 2.05) is 39.0 Å². The molecule has 0 aliphatic heterocycles. The zero-order chi connectivity index (χ0) is 30.0. The number of rotatable bonds is 11. The van der Waals surface area contributed by atoms with Gasteiger partial charge < -0.3 is 30.1 Å². The summed E-state index contributed by atoms with van der Waals surface area (Å²) in [5.74, 6) is -1.62. The summed E-state index contributed by atoms with van der Waals surface area (Å²) in [6.07, 6.45) is -0.170. The Balaban J connectivity index is 2.55. The van der Waals surface area contributed by atoms with Crippen LogP contribution in [0.2, 0.25) is 0 Å². The largest absolute Gasteiger partial charge is 0.508 e. The summed E-state index contributed by atoms with van der Waals surface area (Å²) in [5, 5.41) is 15.0. The van der Waals surface area contributed by atoms with E-state index >= 15 is 0 Å². The first-order valence-electron chi connectivity index (χ1n) is 13.2. The van der Waals surface area contributed by atoms with Gasteiger partial charge in [-0.05, 0) is 64.3 Å². The molecule has 0 aliphatic rings. The second-order valence-corrected chi connectivity index (χ2v) is 10.7. The van der Waals surface area contributed by atoms with Crippen molar-refractivity contribution in [3.8, 4) is 5.75 Å². The zero-order valence-corrected chi connectivity index (χ0v) is 24.4. The number of nitrogens with one attached hydrogen (secondary N) is 2. The number of aryl methyl sites for hydroxylation is 2. The van der Waals surface area contributed by atoms with Crippen LogP contribution in [0, 0.1) is 13.8 Å². The van der Waals surface area contributed by atoms with E-state index in [2.05, 4.69) is 15.4 Å². The highest BCUT2D eigenvalue weighted by Gasteiger charge is 2.36. The van der Waals surface area contributed by atoms with Crippen molar-refractivity contribution in [2.75, 3.05) is 20.2 Å². The normalized spacial score (nSPS) is 12.6. The third-order valence-corrected chi connectivity index (χ3v) is 5.87. The number of hydrogen-bond donors (Lipinski definition) is 3. The third-order valence-electron chi connectivity index (χ3n) is 5.87. The molecule has 0 heterocycles. The van der Waals surface area contributed by atoms with E-state index in [9.17, 15) is 24.3 Å². The fraction of sp³-hybridized carbons (Fsp3) is 0.467. The third kappa shape index (κ3) is 9.91. The van der Waals surface area contributed by atoms with E-state index in [1.165, 1.54) is 24.1 Å². The van der Waals surface area contributed by atoms with Gasteiger partial charge in [-0.2, -0.15) is 0 Å². The van der Waals surface area contributed by atoms with Gasteiger partial charge in [0.05, 0.1) is 7.11 Å². The van der Waals surface area contributed by atoms with E-state index in [-0.39, 0.29) is 25.3 Å². The summed E-state index contributed by atoms with van der Waals surface area (Å²) in [4.78, 5) is 53.8. The molecular formula is C30H41N3O7. The minimum atomic E-state index is -1.09. The number of aromatic hydroxyl groups is 1. The van der Waals surface area contributed by atoms with Crippen molar-refractivity contribution < 1.29 is 33.8 Å². The predicted molar refractivity (Wildman–Crippen MR) is 151 cm³/mol. The number of amides is 3. The lowest BCUT2D eigenvalue weighted by Crippen LogP contribution is -2.54. The minimum absolute atomic E-state index is 0.0662. The van der Waals surface area contributed by atoms with Gasteiger partial charge in [-0.3, -0.25) is 14.4 Å². The number of alkyl carbamates (subject to hydrolysis) is 1. The molecule has 2 rings (SSSR count). The van der Waals surface area contributed by atoms with Gasteiger partial charge >= 0.3 is 12.1 Å². The van der Waals surface area contributed by atoms with Crippen molar-refractivity contribution >= 4 is 23.9 Å². The van der Waals surface area contributed by atoms with Gasteiger partial charge in [0.15, 0.2) is 0 Å². The zero-order valence-electron chi connectivity index (χ0n) is 24.4. The van der Waals surface area contributed by atoms with Gasteiger partial charge in [0, 0.05) is 13.0 Å². The molecule has 3 N–H and O–H groups in total. The first-order valence-corrected chi connectivity index (χ1v) is 13.2. The number of phenols is 1. The number of ether oxygens (including phenoxy) is 2. The van der Waals surface area contributed by atoms with Crippen LogP contribution in [0.3, 0.4) is 0 Å². The topological polar surface area (TPSA) is 134 Å². The molecule has 2 aromatic carbocycles. The van der Waals surface area contributed by atoms with E-state index in [4.69, 9.17) is 4.74 Å². The molecule has 2 atom stereocenters. The Labute approximate surface area is 236 Å². The lowest BCUT2D eigenvalue weighted by Gasteiger charge is -2.34. The highest BCUT2D eigenvalue weighted by Crippen LogP contribution is 2.26. The van der Waals surface area contributed by atoms with Crippen LogP contribution in [0.25, 0.3) is 0 Å².